The Morgan fingerprint density at radius 3 is 2.75 bits per heavy atom. The molecule has 0 spiro atoms. The van der Waals surface area contributed by atoms with Crippen LogP contribution in [0.5, 0.6) is 0 Å². The second-order valence-corrected chi connectivity index (χ2v) is 6.90. The van der Waals surface area contributed by atoms with E-state index in [1.165, 1.54) is 11.3 Å². The molecule has 2 aromatic heterocycles. The largest absolute Gasteiger partial charge is 0.478 e. The molecule has 1 N–H and O–H groups in total. The Morgan fingerprint density at radius 1 is 1.30 bits per heavy atom. The smallest absolute Gasteiger partial charge is 0.336 e. The van der Waals surface area contributed by atoms with E-state index in [1.807, 2.05) is 31.2 Å². The summed E-state index contributed by atoms with van der Waals surface area (Å²) in [6, 6.07) is 11.1. The molecule has 2 heterocycles. The van der Waals surface area contributed by atoms with Gasteiger partial charge < -0.3 is 5.11 Å². The van der Waals surface area contributed by atoms with Crippen LogP contribution in [0.1, 0.15) is 15.9 Å². The van der Waals surface area contributed by atoms with Gasteiger partial charge in [0.25, 0.3) is 0 Å². The van der Waals surface area contributed by atoms with Crippen molar-refractivity contribution in [2.24, 2.45) is 0 Å². The number of benzene rings is 1. The summed E-state index contributed by atoms with van der Waals surface area (Å²) < 4.78 is 0.996. The molecule has 0 amide bonds. The van der Waals surface area contributed by atoms with Crippen molar-refractivity contribution in [1.29, 1.82) is 0 Å². The zero-order valence-corrected chi connectivity index (χ0v) is 13.0. The van der Waals surface area contributed by atoms with Gasteiger partial charge in [0.05, 0.1) is 25.4 Å². The van der Waals surface area contributed by atoms with Crippen LogP contribution in [0.2, 0.25) is 0 Å². The maximum Gasteiger partial charge on any atom is 0.336 e. The van der Waals surface area contributed by atoms with Crippen LogP contribution in [0.4, 0.5) is 0 Å². The van der Waals surface area contributed by atoms with Gasteiger partial charge >= 0.3 is 5.97 Å². The van der Waals surface area contributed by atoms with E-state index in [4.69, 9.17) is 0 Å². The molecule has 0 radical (unpaired) electrons. The van der Waals surface area contributed by atoms with Gasteiger partial charge in [-0.2, -0.15) is 0 Å². The third-order valence-electron chi connectivity index (χ3n) is 3.10. The number of rotatable bonds is 2. The van der Waals surface area contributed by atoms with Crippen molar-refractivity contribution in [3.05, 3.63) is 51.3 Å². The SMILES string of the molecule is Cc1cccc2c(C(=O)O)cc(-c3ccc(Br)s3)nc12. The third-order valence-corrected chi connectivity index (χ3v) is 4.74. The first kappa shape index (κ1) is 13.3. The van der Waals surface area contributed by atoms with Crippen LogP contribution in [0.25, 0.3) is 21.5 Å². The van der Waals surface area contributed by atoms with Crippen LogP contribution >= 0.6 is 27.3 Å². The first-order chi connectivity index (χ1) is 9.56. The molecule has 0 aliphatic rings. The summed E-state index contributed by atoms with van der Waals surface area (Å²) >= 11 is 4.95. The van der Waals surface area contributed by atoms with Gasteiger partial charge in [-0.05, 0) is 46.6 Å². The fourth-order valence-corrected chi connectivity index (χ4v) is 3.49. The van der Waals surface area contributed by atoms with Crippen LogP contribution in [0.3, 0.4) is 0 Å². The van der Waals surface area contributed by atoms with E-state index in [0.29, 0.717) is 16.6 Å². The Labute approximate surface area is 128 Å². The number of halogens is 1. The van der Waals surface area contributed by atoms with E-state index in [2.05, 4.69) is 20.9 Å². The van der Waals surface area contributed by atoms with Crippen LogP contribution in [0, 0.1) is 6.92 Å². The minimum Gasteiger partial charge on any atom is -0.478 e. The summed E-state index contributed by atoms with van der Waals surface area (Å²) in [5, 5.41) is 10.1. The number of carboxylic acids is 1. The molecule has 0 atom stereocenters. The number of thiophene rings is 1. The molecule has 3 nitrogen and oxygen atoms in total. The van der Waals surface area contributed by atoms with Crippen molar-refractivity contribution in [2.75, 3.05) is 0 Å². The molecule has 20 heavy (non-hydrogen) atoms. The molecule has 0 fully saturated rings. The van der Waals surface area contributed by atoms with E-state index in [1.54, 1.807) is 12.1 Å². The molecule has 0 saturated carbocycles. The Bertz CT molecular complexity index is 826. The molecule has 3 rings (SSSR count). The molecule has 0 aliphatic carbocycles. The highest BCUT2D eigenvalue weighted by atomic mass is 79.9. The fraction of sp³-hybridized carbons (Fsp3) is 0.0667. The lowest BCUT2D eigenvalue weighted by Crippen LogP contribution is -2.00. The highest BCUT2D eigenvalue weighted by molar-refractivity contribution is 9.11. The molecule has 0 bridgehead atoms. The number of aromatic carboxylic acids is 1. The Kier molecular flexibility index (Phi) is 3.31. The van der Waals surface area contributed by atoms with Gasteiger partial charge in [0.2, 0.25) is 0 Å². The average Bonchev–Trinajstić information content (AvgIpc) is 2.85. The number of carboxylic acid groups (broad SMARTS) is 1. The van der Waals surface area contributed by atoms with Crippen LogP contribution < -0.4 is 0 Å². The molecule has 0 saturated heterocycles. The number of nitrogens with zero attached hydrogens (tertiary/aromatic N) is 1. The Morgan fingerprint density at radius 2 is 2.10 bits per heavy atom. The van der Waals surface area contributed by atoms with Crippen LogP contribution in [0.15, 0.2) is 40.2 Å². The number of aromatic nitrogens is 1. The zero-order chi connectivity index (χ0) is 14.3. The normalized spacial score (nSPS) is 10.9. The number of fused-ring (bicyclic) bond motifs is 1. The standard InChI is InChI=1S/C15H10BrNO2S/c1-8-3-2-4-9-10(15(18)19)7-11(17-14(8)9)12-5-6-13(16)20-12/h2-7H,1H3,(H,18,19). The van der Waals surface area contributed by atoms with Crippen molar-refractivity contribution in [2.45, 2.75) is 6.92 Å². The molecular formula is C15H10BrNO2S. The topological polar surface area (TPSA) is 50.2 Å². The van der Waals surface area contributed by atoms with Gasteiger partial charge in [-0.15, -0.1) is 11.3 Å². The summed E-state index contributed by atoms with van der Waals surface area (Å²) in [6.45, 7) is 1.94. The lowest BCUT2D eigenvalue weighted by Gasteiger charge is -2.07. The highest BCUT2D eigenvalue weighted by Crippen LogP contribution is 2.33. The molecule has 0 aliphatic heterocycles. The monoisotopic (exact) mass is 347 g/mol. The highest BCUT2D eigenvalue weighted by Gasteiger charge is 2.14. The number of para-hydroxylation sites is 1. The Balaban J connectivity index is 2.35. The molecule has 0 unspecified atom stereocenters. The first-order valence-electron chi connectivity index (χ1n) is 5.95. The third kappa shape index (κ3) is 2.23. The number of carbonyl (C=O) groups is 1. The van der Waals surface area contributed by atoms with Gasteiger partial charge in [0, 0.05) is 5.39 Å². The number of aryl methyl sites for hydroxylation is 1. The average molecular weight is 348 g/mol. The predicted octanol–water partition coefficient (Wildman–Crippen LogP) is 4.73. The zero-order valence-electron chi connectivity index (χ0n) is 10.6. The van der Waals surface area contributed by atoms with E-state index in [0.717, 1.165) is 19.7 Å². The van der Waals surface area contributed by atoms with Gasteiger partial charge in [-0.25, -0.2) is 9.78 Å². The summed E-state index contributed by atoms with van der Waals surface area (Å²) in [5.41, 5.74) is 2.70. The minimum atomic E-state index is -0.931. The van der Waals surface area contributed by atoms with Gasteiger partial charge in [0.15, 0.2) is 0 Å². The molecule has 100 valence electrons. The van der Waals surface area contributed by atoms with Crippen molar-refractivity contribution >= 4 is 44.1 Å². The summed E-state index contributed by atoms with van der Waals surface area (Å²) in [5.74, 6) is -0.931. The first-order valence-corrected chi connectivity index (χ1v) is 7.56. The van der Waals surface area contributed by atoms with Crippen molar-refractivity contribution in [3.8, 4) is 10.6 Å². The summed E-state index contributed by atoms with van der Waals surface area (Å²) in [4.78, 5) is 17.1. The van der Waals surface area contributed by atoms with Gasteiger partial charge in [-0.3, -0.25) is 0 Å². The van der Waals surface area contributed by atoms with Crippen molar-refractivity contribution < 1.29 is 9.90 Å². The predicted molar refractivity (Wildman–Crippen MR) is 84.5 cm³/mol. The van der Waals surface area contributed by atoms with E-state index in [-0.39, 0.29) is 0 Å². The molecule has 1 aromatic carbocycles. The number of hydrogen-bond donors (Lipinski definition) is 1. The van der Waals surface area contributed by atoms with E-state index >= 15 is 0 Å². The summed E-state index contributed by atoms with van der Waals surface area (Å²) in [7, 11) is 0. The molecule has 5 heteroatoms. The van der Waals surface area contributed by atoms with Crippen LogP contribution in [-0.2, 0) is 0 Å². The lowest BCUT2D eigenvalue weighted by atomic mass is 10.0. The minimum absolute atomic E-state index is 0.290. The van der Waals surface area contributed by atoms with Gasteiger partial charge in [0.1, 0.15) is 0 Å². The quantitative estimate of drug-likeness (QED) is 0.728. The Hall–Kier alpha value is -1.72. The number of hydrogen-bond acceptors (Lipinski definition) is 3. The second-order valence-electron chi connectivity index (χ2n) is 4.44. The maximum absolute atomic E-state index is 11.5. The number of pyridine rings is 1. The van der Waals surface area contributed by atoms with Crippen LogP contribution in [-0.4, -0.2) is 16.1 Å². The van der Waals surface area contributed by atoms with Crippen molar-refractivity contribution in [3.63, 3.8) is 0 Å². The lowest BCUT2D eigenvalue weighted by molar-refractivity contribution is 0.0699. The van der Waals surface area contributed by atoms with Gasteiger partial charge in [-0.1, -0.05) is 18.2 Å². The second kappa shape index (κ2) is 5.00. The molecule has 3 aromatic rings. The van der Waals surface area contributed by atoms with Crippen molar-refractivity contribution in [1.82, 2.24) is 4.98 Å². The van der Waals surface area contributed by atoms with E-state index < -0.39 is 5.97 Å². The summed E-state index contributed by atoms with van der Waals surface area (Å²) in [6.07, 6.45) is 0. The molecular weight excluding hydrogens is 338 g/mol. The maximum atomic E-state index is 11.5. The fourth-order valence-electron chi connectivity index (χ4n) is 2.15. The van der Waals surface area contributed by atoms with E-state index in [9.17, 15) is 9.90 Å².